The van der Waals surface area contributed by atoms with E-state index < -0.39 is 0 Å². The van der Waals surface area contributed by atoms with E-state index in [2.05, 4.69) is 15.0 Å². The van der Waals surface area contributed by atoms with E-state index in [1.165, 1.54) is 0 Å². The third-order valence-electron chi connectivity index (χ3n) is 1.35. The predicted molar refractivity (Wildman–Crippen MR) is 42.8 cm³/mol. The van der Waals surface area contributed by atoms with E-state index in [0.29, 0.717) is 6.54 Å². The number of aromatic nitrogens is 2. The summed E-state index contributed by atoms with van der Waals surface area (Å²) in [5.74, 6) is 0.0902. The summed E-state index contributed by atoms with van der Waals surface area (Å²) < 4.78 is 0. The summed E-state index contributed by atoms with van der Waals surface area (Å²) in [6.45, 7) is 2.36. The van der Waals surface area contributed by atoms with Crippen molar-refractivity contribution in [2.75, 3.05) is 0 Å². The summed E-state index contributed by atoms with van der Waals surface area (Å²) in [5, 5.41) is 0. The van der Waals surface area contributed by atoms with Crippen LogP contribution < -0.4 is 11.5 Å². The number of guanidine groups is 1. The molecule has 0 bridgehead atoms. The van der Waals surface area contributed by atoms with Crippen molar-refractivity contribution >= 4 is 5.96 Å². The maximum Gasteiger partial charge on any atom is 0.186 e. The Hall–Kier alpha value is -1.52. The smallest absolute Gasteiger partial charge is 0.186 e. The van der Waals surface area contributed by atoms with Gasteiger partial charge < -0.3 is 16.5 Å². The Kier molecular flexibility index (Phi) is 2.10. The van der Waals surface area contributed by atoms with Gasteiger partial charge in [0.15, 0.2) is 5.96 Å². The third kappa shape index (κ3) is 1.96. The molecule has 0 aliphatic carbocycles. The molecule has 60 valence electrons. The molecule has 0 fully saturated rings. The Balaban J connectivity index is 2.65. The highest BCUT2D eigenvalue weighted by atomic mass is 15.0. The molecule has 0 atom stereocenters. The van der Waals surface area contributed by atoms with Crippen LogP contribution in [0.5, 0.6) is 0 Å². The molecule has 1 heterocycles. The van der Waals surface area contributed by atoms with Gasteiger partial charge in [0, 0.05) is 5.69 Å². The predicted octanol–water partition coefficient (Wildman–Crippen LogP) is -0.508. The van der Waals surface area contributed by atoms with E-state index in [9.17, 15) is 0 Å². The normalized spacial score (nSPS) is 9.55. The van der Waals surface area contributed by atoms with Gasteiger partial charge in [-0.15, -0.1) is 0 Å². The van der Waals surface area contributed by atoms with Gasteiger partial charge in [0.25, 0.3) is 0 Å². The zero-order chi connectivity index (χ0) is 8.27. The Morgan fingerprint density at radius 2 is 2.45 bits per heavy atom. The first-order valence-electron chi connectivity index (χ1n) is 3.24. The zero-order valence-corrected chi connectivity index (χ0v) is 6.33. The van der Waals surface area contributed by atoms with Crippen LogP contribution >= 0.6 is 0 Å². The maximum atomic E-state index is 5.15. The lowest BCUT2D eigenvalue weighted by molar-refractivity contribution is 0.984. The van der Waals surface area contributed by atoms with Crippen LogP contribution in [0.25, 0.3) is 0 Å². The van der Waals surface area contributed by atoms with Crippen LogP contribution in [-0.4, -0.2) is 15.9 Å². The van der Waals surface area contributed by atoms with Gasteiger partial charge in [0.1, 0.15) is 0 Å². The van der Waals surface area contributed by atoms with Crippen LogP contribution in [0.15, 0.2) is 11.3 Å². The van der Waals surface area contributed by atoms with Gasteiger partial charge in [-0.2, -0.15) is 0 Å². The largest absolute Gasteiger partial charge is 0.370 e. The summed E-state index contributed by atoms with van der Waals surface area (Å²) in [6.07, 6.45) is 1.62. The molecule has 0 saturated heterocycles. The molecular formula is C6H11N5. The van der Waals surface area contributed by atoms with Crippen LogP contribution in [0.4, 0.5) is 0 Å². The quantitative estimate of drug-likeness (QED) is 0.394. The Bertz CT molecular complexity index is 258. The van der Waals surface area contributed by atoms with E-state index in [0.717, 1.165) is 11.4 Å². The minimum Gasteiger partial charge on any atom is -0.370 e. The Morgan fingerprint density at radius 1 is 1.73 bits per heavy atom. The molecule has 0 saturated carbocycles. The summed E-state index contributed by atoms with van der Waals surface area (Å²) in [5.41, 5.74) is 12.2. The van der Waals surface area contributed by atoms with E-state index in [1.54, 1.807) is 6.33 Å². The Labute approximate surface area is 64.5 Å². The molecule has 1 aromatic heterocycles. The van der Waals surface area contributed by atoms with Crippen molar-refractivity contribution in [2.24, 2.45) is 16.5 Å². The van der Waals surface area contributed by atoms with Crippen molar-refractivity contribution in [3.8, 4) is 0 Å². The number of nitrogens with two attached hydrogens (primary N) is 2. The van der Waals surface area contributed by atoms with Crippen molar-refractivity contribution < 1.29 is 0 Å². The topological polar surface area (TPSA) is 93.1 Å². The molecule has 5 nitrogen and oxygen atoms in total. The minimum absolute atomic E-state index is 0.0902. The van der Waals surface area contributed by atoms with Crippen molar-refractivity contribution in [3.63, 3.8) is 0 Å². The number of rotatable bonds is 2. The highest BCUT2D eigenvalue weighted by Crippen LogP contribution is 2.00. The summed E-state index contributed by atoms with van der Waals surface area (Å²) in [7, 11) is 0. The average Bonchev–Trinajstić information content (AvgIpc) is 2.31. The lowest BCUT2D eigenvalue weighted by Gasteiger charge is -1.92. The van der Waals surface area contributed by atoms with Crippen molar-refractivity contribution in [2.45, 2.75) is 13.5 Å². The van der Waals surface area contributed by atoms with Crippen LogP contribution in [0.2, 0.25) is 0 Å². The van der Waals surface area contributed by atoms with E-state index in [-0.39, 0.29) is 5.96 Å². The fourth-order valence-electron chi connectivity index (χ4n) is 0.713. The van der Waals surface area contributed by atoms with Gasteiger partial charge in [-0.1, -0.05) is 0 Å². The number of H-pyrrole nitrogens is 1. The van der Waals surface area contributed by atoms with Crippen LogP contribution in [-0.2, 0) is 6.54 Å². The lowest BCUT2D eigenvalue weighted by atomic mass is 10.3. The molecule has 0 amide bonds. The van der Waals surface area contributed by atoms with E-state index >= 15 is 0 Å². The van der Waals surface area contributed by atoms with Crippen LogP contribution in [0, 0.1) is 6.92 Å². The highest BCUT2D eigenvalue weighted by Gasteiger charge is 1.97. The minimum atomic E-state index is 0.0902. The number of nitrogens with zero attached hydrogens (tertiary/aromatic N) is 2. The average molecular weight is 153 g/mol. The first kappa shape index (κ1) is 7.59. The molecule has 0 unspecified atom stereocenters. The van der Waals surface area contributed by atoms with Crippen molar-refractivity contribution in [3.05, 3.63) is 17.7 Å². The standard InChI is InChI=1S/C6H11N5/c1-4-5(11-3-10-4)2-9-6(7)8/h3H,2H2,1H3,(H,10,11)(H4,7,8,9). The van der Waals surface area contributed by atoms with E-state index in [4.69, 9.17) is 11.5 Å². The number of aromatic amines is 1. The van der Waals surface area contributed by atoms with Gasteiger partial charge in [0.2, 0.25) is 0 Å². The van der Waals surface area contributed by atoms with E-state index in [1.807, 2.05) is 6.92 Å². The first-order valence-corrected chi connectivity index (χ1v) is 3.24. The van der Waals surface area contributed by atoms with Gasteiger partial charge >= 0.3 is 0 Å². The fourth-order valence-corrected chi connectivity index (χ4v) is 0.713. The second kappa shape index (κ2) is 3.05. The van der Waals surface area contributed by atoms with Gasteiger partial charge in [-0.25, -0.2) is 9.98 Å². The first-order chi connectivity index (χ1) is 5.20. The molecule has 11 heavy (non-hydrogen) atoms. The Morgan fingerprint density at radius 3 is 2.91 bits per heavy atom. The summed E-state index contributed by atoms with van der Waals surface area (Å²) in [4.78, 5) is 10.8. The molecule has 1 rings (SSSR count). The van der Waals surface area contributed by atoms with Crippen LogP contribution in [0.3, 0.4) is 0 Å². The number of hydrogen-bond donors (Lipinski definition) is 3. The number of hydrogen-bond acceptors (Lipinski definition) is 2. The number of aryl methyl sites for hydroxylation is 1. The molecule has 0 aliphatic heterocycles. The van der Waals surface area contributed by atoms with Crippen molar-refractivity contribution in [1.82, 2.24) is 9.97 Å². The monoisotopic (exact) mass is 153 g/mol. The molecule has 5 N–H and O–H groups in total. The molecular weight excluding hydrogens is 142 g/mol. The second-order valence-corrected chi connectivity index (χ2v) is 2.22. The number of imidazole rings is 1. The maximum absolute atomic E-state index is 5.15. The van der Waals surface area contributed by atoms with Crippen molar-refractivity contribution in [1.29, 1.82) is 0 Å². The number of aliphatic imine (C=N–C) groups is 1. The zero-order valence-electron chi connectivity index (χ0n) is 6.33. The van der Waals surface area contributed by atoms with Crippen LogP contribution in [0.1, 0.15) is 11.4 Å². The highest BCUT2D eigenvalue weighted by molar-refractivity contribution is 5.75. The molecule has 0 spiro atoms. The molecule has 0 aliphatic rings. The third-order valence-corrected chi connectivity index (χ3v) is 1.35. The number of nitrogens with one attached hydrogen (secondary N) is 1. The molecule has 0 radical (unpaired) electrons. The lowest BCUT2D eigenvalue weighted by Crippen LogP contribution is -2.22. The fraction of sp³-hybridized carbons (Fsp3) is 0.333. The van der Waals surface area contributed by atoms with Gasteiger partial charge in [-0.3, -0.25) is 0 Å². The SMILES string of the molecule is Cc1[nH]cnc1CN=C(N)N. The van der Waals surface area contributed by atoms with Gasteiger partial charge in [0.05, 0.1) is 18.6 Å². The van der Waals surface area contributed by atoms with Gasteiger partial charge in [-0.05, 0) is 6.92 Å². The molecule has 1 aromatic rings. The second-order valence-electron chi connectivity index (χ2n) is 2.22. The molecule has 0 aromatic carbocycles. The summed E-state index contributed by atoms with van der Waals surface area (Å²) in [6, 6.07) is 0. The summed E-state index contributed by atoms with van der Waals surface area (Å²) >= 11 is 0. The molecule has 5 heteroatoms.